The van der Waals surface area contributed by atoms with E-state index in [0.29, 0.717) is 35.2 Å². The number of halogens is 1. The van der Waals surface area contributed by atoms with Crippen LogP contribution < -0.4 is 10.2 Å². The number of piperidine rings is 1. The van der Waals surface area contributed by atoms with E-state index in [4.69, 9.17) is 0 Å². The predicted molar refractivity (Wildman–Crippen MR) is 117 cm³/mol. The molecule has 0 radical (unpaired) electrons. The summed E-state index contributed by atoms with van der Waals surface area (Å²) >= 11 is 0. The van der Waals surface area contributed by atoms with E-state index in [9.17, 15) is 5.11 Å². The van der Waals surface area contributed by atoms with Crippen molar-refractivity contribution in [2.75, 3.05) is 11.9 Å². The maximum Gasteiger partial charge on any atom is 0.245 e. The molecule has 2 aromatic heterocycles. The van der Waals surface area contributed by atoms with Gasteiger partial charge in [0.1, 0.15) is 17.6 Å². The van der Waals surface area contributed by atoms with Gasteiger partial charge >= 0.3 is 0 Å². The summed E-state index contributed by atoms with van der Waals surface area (Å²) in [5.41, 5.74) is 0.920. The summed E-state index contributed by atoms with van der Waals surface area (Å²) in [5.74, 6) is 0.777. The van der Waals surface area contributed by atoms with Crippen LogP contribution in [-0.2, 0) is 0 Å². The molecule has 2 aliphatic heterocycles. The Morgan fingerprint density at radius 2 is 2.03 bits per heavy atom. The minimum Gasteiger partial charge on any atom is -0.507 e. The van der Waals surface area contributed by atoms with Crippen molar-refractivity contribution < 1.29 is 9.50 Å². The lowest BCUT2D eigenvalue weighted by molar-refractivity contribution is 0.0829. The van der Waals surface area contributed by atoms with Crippen LogP contribution >= 0.6 is 0 Å². The highest BCUT2D eigenvalue weighted by molar-refractivity contribution is 5.68. The largest absolute Gasteiger partial charge is 0.507 e. The quantitative estimate of drug-likeness (QED) is 0.640. The molecule has 2 N–H and O–H groups in total. The van der Waals surface area contributed by atoms with Crippen molar-refractivity contribution in [1.29, 1.82) is 0 Å². The van der Waals surface area contributed by atoms with Crippen LogP contribution in [0, 0.1) is 5.92 Å². The van der Waals surface area contributed by atoms with E-state index in [1.54, 1.807) is 46.4 Å². The molecule has 168 valence electrons. The minimum absolute atomic E-state index is 0.0313. The molecule has 1 aromatic carbocycles. The molecular weight excluding hydrogens is 411 g/mol. The van der Waals surface area contributed by atoms with Gasteiger partial charge in [0.05, 0.1) is 30.3 Å². The molecule has 5 atom stereocenters. The molecule has 9 nitrogen and oxygen atoms in total. The van der Waals surface area contributed by atoms with E-state index < -0.39 is 11.7 Å². The van der Waals surface area contributed by atoms with Crippen molar-refractivity contribution >= 4 is 5.95 Å². The molecule has 4 heterocycles. The molecule has 32 heavy (non-hydrogen) atoms. The first-order valence-electron chi connectivity index (χ1n) is 10.8. The maximum atomic E-state index is 15.5. The number of anilines is 1. The topological polar surface area (TPSA) is 105 Å². The summed E-state index contributed by atoms with van der Waals surface area (Å²) in [4.78, 5) is 6.24. The van der Waals surface area contributed by atoms with Crippen molar-refractivity contribution in [2.24, 2.45) is 5.92 Å². The van der Waals surface area contributed by atoms with Gasteiger partial charge in [0, 0.05) is 29.8 Å². The molecule has 0 spiro atoms. The van der Waals surface area contributed by atoms with Crippen molar-refractivity contribution in [3.63, 3.8) is 0 Å². The summed E-state index contributed by atoms with van der Waals surface area (Å²) in [5, 5.41) is 30.2. The van der Waals surface area contributed by atoms with Crippen molar-refractivity contribution in [3.8, 4) is 22.7 Å². The van der Waals surface area contributed by atoms with Gasteiger partial charge in [0.15, 0.2) is 0 Å². The Balaban J connectivity index is 1.38. The Hall–Kier alpha value is -3.14. The third-order valence-corrected chi connectivity index (χ3v) is 7.28. The summed E-state index contributed by atoms with van der Waals surface area (Å²) in [6, 6.07) is 4.76. The van der Waals surface area contributed by atoms with Crippen LogP contribution in [0.5, 0.6) is 5.75 Å². The van der Waals surface area contributed by atoms with Crippen LogP contribution in [0.15, 0.2) is 36.8 Å². The number of phenols is 1. The van der Waals surface area contributed by atoms with Gasteiger partial charge in [-0.15, -0.1) is 15.3 Å². The first kappa shape index (κ1) is 20.7. The number of fused-ring (bicyclic) bond motifs is 2. The molecule has 3 aromatic rings. The number of benzene rings is 1. The third kappa shape index (κ3) is 3.21. The Morgan fingerprint density at radius 1 is 1.22 bits per heavy atom. The Bertz CT molecular complexity index is 1120. The van der Waals surface area contributed by atoms with E-state index in [0.717, 1.165) is 6.42 Å². The lowest BCUT2D eigenvalue weighted by Crippen LogP contribution is -2.66. The Morgan fingerprint density at radius 3 is 2.69 bits per heavy atom. The average molecular weight is 439 g/mol. The number of nitrogens with one attached hydrogen (secondary N) is 1. The molecule has 0 amide bonds. The lowest BCUT2D eigenvalue weighted by Gasteiger charge is -2.47. The number of hydrogen-bond donors (Lipinski definition) is 2. The van der Waals surface area contributed by atoms with Crippen LogP contribution in [0.4, 0.5) is 10.3 Å². The number of nitrogens with zero attached hydrogens (tertiary/aromatic N) is 7. The van der Waals surface area contributed by atoms with Gasteiger partial charge in [0.2, 0.25) is 5.95 Å². The lowest BCUT2D eigenvalue weighted by atomic mass is 9.81. The number of aromatic nitrogens is 6. The van der Waals surface area contributed by atoms with Crippen molar-refractivity contribution in [1.82, 2.24) is 35.5 Å². The molecular formula is C22H27FN8O. The predicted octanol–water partition coefficient (Wildman–Crippen LogP) is 2.52. The highest BCUT2D eigenvalue weighted by Gasteiger charge is 2.59. The molecule has 5 rings (SSSR count). The maximum absolute atomic E-state index is 15.5. The highest BCUT2D eigenvalue weighted by Crippen LogP contribution is 2.48. The fraction of sp³-hybridized carbons (Fsp3) is 0.500. The third-order valence-electron chi connectivity index (χ3n) is 7.28. The van der Waals surface area contributed by atoms with Crippen molar-refractivity contribution in [2.45, 2.75) is 56.9 Å². The first-order valence-corrected chi connectivity index (χ1v) is 10.8. The number of hydrogen-bond acceptors (Lipinski definition) is 8. The van der Waals surface area contributed by atoms with Gasteiger partial charge in [-0.25, -0.2) is 14.1 Å². The summed E-state index contributed by atoms with van der Waals surface area (Å²) in [6.45, 7) is 6.32. The SMILES string of the molecule is CC1C[C@@]2(C)N[C@]1(C)C[C@H](N(C)c1ncc(-c3ccc(-n4ccnn4)cc3O)nn1)[C@H]2F. The van der Waals surface area contributed by atoms with E-state index in [2.05, 4.69) is 44.7 Å². The molecule has 2 saturated heterocycles. The van der Waals surface area contributed by atoms with E-state index in [-0.39, 0.29) is 17.3 Å². The Labute approximate surface area is 185 Å². The standard InChI is InChI=1S/C22H27FN8O/c1-13-10-22(3)19(23)17(11-21(13,2)28-22)30(4)20-24-12-16(26-27-20)15-6-5-14(9-18(15)32)31-8-7-25-29-31/h5-9,12-13,17,19,28,32H,10-11H2,1-4H3/t13?,17-,19+,21+,22+/m0/s1. The zero-order valence-electron chi connectivity index (χ0n) is 18.6. The minimum atomic E-state index is -1.05. The van der Waals surface area contributed by atoms with Crippen LogP contribution in [0.25, 0.3) is 16.9 Å². The second-order valence-electron chi connectivity index (χ2n) is 9.54. The van der Waals surface area contributed by atoms with Gasteiger partial charge in [-0.1, -0.05) is 12.1 Å². The van der Waals surface area contributed by atoms with Gasteiger partial charge in [-0.05, 0) is 44.7 Å². The van der Waals surface area contributed by atoms with Crippen LogP contribution in [0.2, 0.25) is 0 Å². The second-order valence-corrected chi connectivity index (χ2v) is 9.54. The fourth-order valence-electron chi connectivity index (χ4n) is 5.34. The zero-order valence-corrected chi connectivity index (χ0v) is 18.6. The summed E-state index contributed by atoms with van der Waals surface area (Å²) in [6.07, 6.45) is 5.22. The van der Waals surface area contributed by atoms with Gasteiger partial charge in [-0.3, -0.25) is 0 Å². The number of aromatic hydroxyl groups is 1. The number of rotatable bonds is 4. The smallest absolute Gasteiger partial charge is 0.245 e. The average Bonchev–Trinajstić information content (AvgIpc) is 3.37. The molecule has 2 bridgehead atoms. The molecule has 2 fully saturated rings. The second kappa shape index (κ2) is 7.19. The Kier molecular flexibility index (Phi) is 4.66. The van der Waals surface area contributed by atoms with Gasteiger partial charge in [-0.2, -0.15) is 0 Å². The number of alkyl halides is 1. The van der Waals surface area contributed by atoms with Gasteiger partial charge in [0.25, 0.3) is 0 Å². The van der Waals surface area contributed by atoms with E-state index in [1.165, 1.54) is 0 Å². The fourth-order valence-corrected chi connectivity index (χ4v) is 5.34. The molecule has 0 aliphatic carbocycles. The van der Waals surface area contributed by atoms with Crippen LogP contribution in [0.1, 0.15) is 33.6 Å². The monoisotopic (exact) mass is 438 g/mol. The van der Waals surface area contributed by atoms with Gasteiger partial charge < -0.3 is 15.3 Å². The van der Waals surface area contributed by atoms with E-state index >= 15 is 4.39 Å². The van der Waals surface area contributed by atoms with E-state index in [1.807, 2.05) is 14.0 Å². The summed E-state index contributed by atoms with van der Waals surface area (Å²) in [7, 11) is 1.82. The highest BCUT2D eigenvalue weighted by atomic mass is 19.1. The normalized spacial score (nSPS) is 31.6. The zero-order chi connectivity index (χ0) is 22.7. The first-order chi connectivity index (χ1) is 15.2. The molecule has 0 saturated carbocycles. The molecule has 10 heteroatoms. The molecule has 2 aliphatic rings. The van der Waals surface area contributed by atoms with Crippen molar-refractivity contribution in [3.05, 3.63) is 36.8 Å². The van der Waals surface area contributed by atoms with Crippen LogP contribution in [-0.4, -0.2) is 65.6 Å². The van der Waals surface area contributed by atoms with Crippen LogP contribution in [0.3, 0.4) is 0 Å². The number of phenolic OH excluding ortho intramolecular Hbond substituents is 1. The summed E-state index contributed by atoms with van der Waals surface area (Å²) < 4.78 is 17.1. The molecule has 1 unspecified atom stereocenters.